The number of hydrogen-bond donors (Lipinski definition) is 2. The highest BCUT2D eigenvalue weighted by Gasteiger charge is 2.48. The molecule has 1 fully saturated rings. The number of rotatable bonds is 4. The summed E-state index contributed by atoms with van der Waals surface area (Å²) in [7, 11) is 0. The third-order valence-electron chi connectivity index (χ3n) is 4.06. The van der Waals surface area contributed by atoms with E-state index in [1.54, 1.807) is 0 Å². The van der Waals surface area contributed by atoms with Gasteiger partial charge in [-0.05, 0) is 0 Å². The maximum Gasteiger partial charge on any atom is 0.303 e. The Morgan fingerprint density at radius 1 is 1.17 bits per heavy atom. The Morgan fingerprint density at radius 2 is 1.79 bits per heavy atom. The molecule has 0 aromatic carbocycles. The quantitative estimate of drug-likeness (QED) is 0.396. The first-order chi connectivity index (χ1) is 13.7. The van der Waals surface area contributed by atoms with E-state index in [1.165, 1.54) is 31.7 Å². The predicted molar refractivity (Wildman–Crippen MR) is 98.8 cm³/mol. The van der Waals surface area contributed by atoms with Gasteiger partial charge in [-0.3, -0.25) is 19.0 Å². The van der Waals surface area contributed by atoms with Crippen molar-refractivity contribution in [2.24, 2.45) is 0 Å². The number of nitrogens with two attached hydrogens (primary N) is 1. The molecule has 0 radical (unpaired) electrons. The number of nitrogens with one attached hydrogen (secondary N) is 1. The van der Waals surface area contributed by atoms with E-state index < -0.39 is 42.4 Å². The lowest BCUT2D eigenvalue weighted by Gasteiger charge is -2.40. The number of anilines is 1. The lowest BCUT2D eigenvalue weighted by molar-refractivity contribution is -0.239. The van der Waals surface area contributed by atoms with Crippen molar-refractivity contribution in [3.8, 4) is 0 Å². The molecule has 1 aliphatic heterocycles. The van der Waals surface area contributed by atoms with Crippen LogP contribution >= 0.6 is 12.2 Å². The lowest BCUT2D eigenvalue weighted by atomic mass is 10.0. The van der Waals surface area contributed by atoms with Crippen LogP contribution in [0.1, 0.15) is 27.0 Å². The molecule has 3 heterocycles. The van der Waals surface area contributed by atoms with Gasteiger partial charge in [0, 0.05) is 20.8 Å². The maximum atomic E-state index is 11.8. The summed E-state index contributed by atoms with van der Waals surface area (Å²) in [6.45, 7) is 3.47. The van der Waals surface area contributed by atoms with Crippen LogP contribution in [0.15, 0.2) is 6.33 Å². The molecule has 2 aromatic heterocycles. The van der Waals surface area contributed by atoms with Gasteiger partial charge in [0.25, 0.3) is 0 Å². The van der Waals surface area contributed by atoms with Crippen molar-refractivity contribution in [1.29, 1.82) is 0 Å². The first-order valence-corrected chi connectivity index (χ1v) is 8.93. The molecule has 3 rings (SSSR count). The normalized spacial score (nSPS) is 24.1. The van der Waals surface area contributed by atoms with Crippen molar-refractivity contribution in [3.63, 3.8) is 0 Å². The summed E-state index contributed by atoms with van der Waals surface area (Å²) in [5.74, 6) is -1.85. The summed E-state index contributed by atoms with van der Waals surface area (Å²) in [5.41, 5.74) is 6.47. The number of imidazole rings is 1. The molecule has 1 saturated heterocycles. The second-order valence-corrected chi connectivity index (χ2v) is 6.68. The summed E-state index contributed by atoms with van der Waals surface area (Å²) in [6.07, 6.45) is -2.82. The van der Waals surface area contributed by atoms with Crippen LogP contribution in [0.25, 0.3) is 11.2 Å². The topological polar surface area (TPSA) is 161 Å². The Labute approximate surface area is 169 Å². The third kappa shape index (κ3) is 4.35. The van der Waals surface area contributed by atoms with Crippen LogP contribution in [-0.2, 0) is 33.3 Å². The van der Waals surface area contributed by atoms with Crippen molar-refractivity contribution in [1.82, 2.24) is 19.5 Å². The summed E-state index contributed by atoms with van der Waals surface area (Å²) in [4.78, 5) is 45.8. The highest BCUT2D eigenvalue weighted by atomic mass is 32.1. The van der Waals surface area contributed by atoms with Crippen LogP contribution in [0.3, 0.4) is 0 Å². The summed E-state index contributed by atoms with van der Waals surface area (Å²) < 4.78 is 23.4. The van der Waals surface area contributed by atoms with Gasteiger partial charge in [0.1, 0.15) is 11.2 Å². The predicted octanol–water partition coefficient (Wildman–Crippen LogP) is 0.395. The maximum absolute atomic E-state index is 11.8. The second kappa shape index (κ2) is 8.13. The molecule has 4 atom stereocenters. The minimum absolute atomic E-state index is 0.0541. The number of H-pyrrole nitrogens is 1. The molecule has 1 aliphatic rings. The third-order valence-corrected chi connectivity index (χ3v) is 4.35. The molecule has 29 heavy (non-hydrogen) atoms. The molecule has 156 valence electrons. The van der Waals surface area contributed by atoms with Crippen LogP contribution < -0.4 is 5.73 Å². The Morgan fingerprint density at radius 3 is 2.41 bits per heavy atom. The first-order valence-electron chi connectivity index (χ1n) is 8.53. The number of aromatic amines is 1. The molecule has 0 saturated carbocycles. The van der Waals surface area contributed by atoms with E-state index in [4.69, 9.17) is 36.9 Å². The second-order valence-electron chi connectivity index (χ2n) is 6.30. The Balaban J connectivity index is 2.07. The largest absolute Gasteiger partial charge is 0.456 e. The minimum atomic E-state index is -1.15. The minimum Gasteiger partial charge on any atom is -0.456 e. The van der Waals surface area contributed by atoms with E-state index in [2.05, 4.69) is 15.0 Å². The zero-order valence-corrected chi connectivity index (χ0v) is 16.6. The number of esters is 3. The number of nitrogen functional groups attached to an aromatic ring is 1. The molecule has 12 nitrogen and oxygen atoms in total. The van der Waals surface area contributed by atoms with Crippen LogP contribution in [0.4, 0.5) is 5.95 Å². The summed E-state index contributed by atoms with van der Waals surface area (Å²) >= 11 is 5.16. The number of aromatic nitrogens is 4. The number of fused-ring (bicyclic) bond motifs is 1. The van der Waals surface area contributed by atoms with Crippen molar-refractivity contribution < 1.29 is 33.3 Å². The molecule has 0 spiro atoms. The number of ether oxygens (including phenoxy) is 4. The van der Waals surface area contributed by atoms with Gasteiger partial charge in [-0.25, -0.2) is 9.97 Å². The van der Waals surface area contributed by atoms with Crippen LogP contribution in [-0.4, -0.2) is 62.3 Å². The molecule has 0 bridgehead atoms. The van der Waals surface area contributed by atoms with Gasteiger partial charge in [-0.15, -0.1) is 0 Å². The van der Waals surface area contributed by atoms with Gasteiger partial charge in [0.2, 0.25) is 0 Å². The highest BCUT2D eigenvalue weighted by Crippen LogP contribution is 2.32. The number of carbonyl (C=O) groups excluding carboxylic acids is 3. The molecule has 3 N–H and O–H groups in total. The van der Waals surface area contributed by atoms with Crippen molar-refractivity contribution >= 4 is 47.2 Å². The zero-order chi connectivity index (χ0) is 21.3. The number of nitrogens with zero attached hydrogens (tertiary/aromatic N) is 3. The molecule has 13 heteroatoms. The highest BCUT2D eigenvalue weighted by molar-refractivity contribution is 7.71. The number of carbonyl (C=O) groups is 3. The fourth-order valence-corrected chi connectivity index (χ4v) is 3.35. The molecule has 2 aromatic rings. The smallest absolute Gasteiger partial charge is 0.303 e. The Hall–Kier alpha value is -3.06. The van der Waals surface area contributed by atoms with E-state index in [0.29, 0.717) is 11.2 Å². The average molecular weight is 425 g/mol. The van der Waals surface area contributed by atoms with Gasteiger partial charge in [0.05, 0.1) is 12.9 Å². The molecule has 0 amide bonds. The SMILES string of the molecule is CC(=O)O[C@@H]1[C@H](OC(C)=O)[C@H](OC(C)=O)CO[C@@H]1n1cnc2c(=S)nc(N)[nH]c21. The van der Waals surface area contributed by atoms with Crippen LogP contribution in [0.5, 0.6) is 0 Å². The van der Waals surface area contributed by atoms with E-state index >= 15 is 0 Å². The van der Waals surface area contributed by atoms with Gasteiger partial charge in [-0.2, -0.15) is 0 Å². The van der Waals surface area contributed by atoms with E-state index in [9.17, 15) is 14.4 Å². The van der Waals surface area contributed by atoms with Crippen molar-refractivity contribution in [2.75, 3.05) is 12.3 Å². The Bertz CT molecular complexity index is 1020. The van der Waals surface area contributed by atoms with E-state index in [1.807, 2.05) is 0 Å². The van der Waals surface area contributed by atoms with Gasteiger partial charge < -0.3 is 29.7 Å². The summed E-state index contributed by atoms with van der Waals surface area (Å²) in [6, 6.07) is 0. The lowest BCUT2D eigenvalue weighted by Crippen LogP contribution is -2.55. The molecular weight excluding hydrogens is 406 g/mol. The average Bonchev–Trinajstić information content (AvgIpc) is 3.00. The standard InChI is InChI=1S/C16H19N5O7S/c1-6(22)26-9-4-25-15(12(28-8(3)24)11(9)27-7(2)23)21-5-18-10-13(21)19-16(17)20-14(10)29/h5,9,11-12,15H,4H2,1-3H3,(H3,17,19,20,29)/t9-,11-,12-,15+/m1/s1. The fourth-order valence-electron chi connectivity index (χ4n) is 3.11. The fraction of sp³-hybridized carbons (Fsp3) is 0.500. The van der Waals surface area contributed by atoms with Gasteiger partial charge in [0.15, 0.2) is 35.1 Å². The monoisotopic (exact) mass is 425 g/mol. The van der Waals surface area contributed by atoms with Crippen molar-refractivity contribution in [2.45, 2.75) is 45.3 Å². The Kier molecular flexibility index (Phi) is 5.79. The zero-order valence-electron chi connectivity index (χ0n) is 15.8. The summed E-state index contributed by atoms with van der Waals surface area (Å²) in [5, 5.41) is 0. The van der Waals surface area contributed by atoms with Crippen LogP contribution in [0, 0.1) is 4.64 Å². The van der Waals surface area contributed by atoms with Gasteiger partial charge in [-0.1, -0.05) is 12.2 Å². The van der Waals surface area contributed by atoms with Gasteiger partial charge >= 0.3 is 17.9 Å². The first kappa shape index (κ1) is 20.7. The van der Waals surface area contributed by atoms with Crippen molar-refractivity contribution in [3.05, 3.63) is 11.0 Å². The van der Waals surface area contributed by atoms with E-state index in [0.717, 1.165) is 0 Å². The number of hydrogen-bond acceptors (Lipinski definition) is 11. The molecule has 0 unspecified atom stereocenters. The van der Waals surface area contributed by atoms with Crippen LogP contribution in [0.2, 0.25) is 0 Å². The molecule has 0 aliphatic carbocycles. The van der Waals surface area contributed by atoms with E-state index in [-0.39, 0.29) is 17.2 Å². The molecular formula is C16H19N5O7S.